The Morgan fingerprint density at radius 1 is 1.38 bits per heavy atom. The fourth-order valence-electron chi connectivity index (χ4n) is 0.766. The normalized spacial score (nSPS) is 11.2. The van der Waals surface area contributed by atoms with Crippen molar-refractivity contribution in [3.05, 3.63) is 23.8 Å². The number of carbonyl (C=O) groups excluding carboxylic acids is 1. The molecule has 0 saturated carbocycles. The van der Waals surface area contributed by atoms with E-state index in [0.29, 0.717) is 13.0 Å². The van der Waals surface area contributed by atoms with Crippen LogP contribution in [-0.4, -0.2) is 12.6 Å². The maximum absolute atomic E-state index is 11.2. The second-order valence-electron chi connectivity index (χ2n) is 2.29. The van der Waals surface area contributed by atoms with Gasteiger partial charge in [0.05, 0.1) is 6.61 Å². The van der Waals surface area contributed by atoms with Crippen LogP contribution in [0.1, 0.15) is 27.2 Å². The van der Waals surface area contributed by atoms with Crippen molar-refractivity contribution in [1.29, 1.82) is 0 Å². The summed E-state index contributed by atoms with van der Waals surface area (Å²) in [6.07, 6.45) is 6.23. The maximum atomic E-state index is 11.2. The van der Waals surface area contributed by atoms with E-state index in [-0.39, 0.29) is 27.0 Å². The largest absolute Gasteiger partial charge is 2.00 e. The van der Waals surface area contributed by atoms with Crippen molar-refractivity contribution in [2.75, 3.05) is 6.61 Å². The van der Waals surface area contributed by atoms with Gasteiger partial charge in [0.2, 0.25) is 0 Å². The van der Waals surface area contributed by atoms with Crippen LogP contribution in [0.3, 0.4) is 0 Å². The van der Waals surface area contributed by atoms with Crippen molar-refractivity contribution in [3.8, 4) is 0 Å². The molecule has 0 saturated heterocycles. The van der Waals surface area contributed by atoms with E-state index in [0.717, 1.165) is 5.57 Å². The Bertz CT molecular complexity index is 195. The summed E-state index contributed by atoms with van der Waals surface area (Å²) in [6.45, 7) is 6.09. The molecule has 0 radical (unpaired) electrons. The molecule has 2 nitrogen and oxygen atoms in total. The second kappa shape index (κ2) is 9.72. The molecule has 0 aliphatic rings. The van der Waals surface area contributed by atoms with Crippen molar-refractivity contribution in [2.24, 2.45) is 0 Å². The molecule has 0 rings (SSSR count). The average molecular weight is 363 g/mol. The Morgan fingerprint density at radius 3 is 2.38 bits per heavy atom. The minimum absolute atomic E-state index is 0. The van der Waals surface area contributed by atoms with E-state index in [1.54, 1.807) is 13.0 Å². The first kappa shape index (κ1) is 15.1. The minimum atomic E-state index is -0.210. The summed E-state index contributed by atoms with van der Waals surface area (Å²) in [5, 5.41) is 0. The standard InChI is InChI=1S/C10H16O2.Pt/c1-4-7-8-9(5-2)10(11)12-6-3;/h4,7-8H,5-6H2,1-3H3;/q;+2. The first-order valence-corrected chi connectivity index (χ1v) is 4.25. The Balaban J connectivity index is 0. The van der Waals surface area contributed by atoms with Crippen LogP contribution in [0.5, 0.6) is 0 Å². The van der Waals surface area contributed by atoms with E-state index >= 15 is 0 Å². The summed E-state index contributed by atoms with van der Waals surface area (Å²) in [5.41, 5.74) is 0.718. The quantitative estimate of drug-likeness (QED) is 0.436. The summed E-state index contributed by atoms with van der Waals surface area (Å²) in [4.78, 5) is 11.2. The Hall–Kier alpha value is -0.362. The van der Waals surface area contributed by atoms with E-state index in [2.05, 4.69) is 0 Å². The summed E-state index contributed by atoms with van der Waals surface area (Å²) in [7, 11) is 0. The van der Waals surface area contributed by atoms with Crippen molar-refractivity contribution in [3.63, 3.8) is 0 Å². The van der Waals surface area contributed by atoms with Gasteiger partial charge in [-0.05, 0) is 20.3 Å². The van der Waals surface area contributed by atoms with Gasteiger partial charge in [-0.15, -0.1) is 0 Å². The molecule has 0 amide bonds. The molecule has 0 heterocycles. The molecule has 0 unspecified atom stereocenters. The van der Waals surface area contributed by atoms with Crippen LogP contribution in [0, 0.1) is 0 Å². The van der Waals surface area contributed by atoms with Crippen LogP contribution in [0.15, 0.2) is 23.8 Å². The van der Waals surface area contributed by atoms with Crippen molar-refractivity contribution in [2.45, 2.75) is 27.2 Å². The van der Waals surface area contributed by atoms with E-state index < -0.39 is 0 Å². The number of esters is 1. The van der Waals surface area contributed by atoms with Gasteiger partial charge in [-0.25, -0.2) is 4.79 Å². The third kappa shape index (κ3) is 6.77. The van der Waals surface area contributed by atoms with Gasteiger partial charge in [0, 0.05) is 5.57 Å². The third-order valence-electron chi connectivity index (χ3n) is 1.41. The van der Waals surface area contributed by atoms with Gasteiger partial charge in [0.1, 0.15) is 0 Å². The number of allylic oxidation sites excluding steroid dienone is 3. The summed E-state index contributed by atoms with van der Waals surface area (Å²) < 4.78 is 4.85. The molecule has 13 heavy (non-hydrogen) atoms. The molecule has 0 N–H and O–H groups in total. The number of hydrogen-bond donors (Lipinski definition) is 0. The van der Waals surface area contributed by atoms with E-state index in [4.69, 9.17) is 4.74 Å². The number of carbonyl (C=O) groups is 1. The van der Waals surface area contributed by atoms with Gasteiger partial charge in [0.25, 0.3) is 0 Å². The molecule has 0 atom stereocenters. The Morgan fingerprint density at radius 2 is 2.00 bits per heavy atom. The molecule has 0 aromatic carbocycles. The number of hydrogen-bond acceptors (Lipinski definition) is 2. The van der Waals surface area contributed by atoms with Crippen molar-refractivity contribution < 1.29 is 30.6 Å². The van der Waals surface area contributed by atoms with Crippen LogP contribution in [0.2, 0.25) is 0 Å². The zero-order valence-corrected chi connectivity index (χ0v) is 10.6. The molecular weight excluding hydrogens is 347 g/mol. The van der Waals surface area contributed by atoms with Gasteiger partial charge in [-0.3, -0.25) is 0 Å². The summed E-state index contributed by atoms with van der Waals surface area (Å²) >= 11 is 0. The zero-order chi connectivity index (χ0) is 9.40. The average Bonchev–Trinajstić information content (AvgIpc) is 2.06. The van der Waals surface area contributed by atoms with Gasteiger partial charge < -0.3 is 4.74 Å². The fraction of sp³-hybridized carbons (Fsp3) is 0.500. The molecule has 0 aromatic rings. The molecule has 3 heteroatoms. The van der Waals surface area contributed by atoms with Gasteiger partial charge in [-0.1, -0.05) is 25.2 Å². The zero-order valence-electron chi connectivity index (χ0n) is 8.28. The van der Waals surface area contributed by atoms with E-state index in [9.17, 15) is 4.79 Å². The molecular formula is C10H16O2Pt+2. The van der Waals surface area contributed by atoms with E-state index in [1.165, 1.54) is 0 Å². The molecule has 0 aliphatic carbocycles. The van der Waals surface area contributed by atoms with Crippen LogP contribution in [0.25, 0.3) is 0 Å². The molecule has 76 valence electrons. The molecule has 0 bridgehead atoms. The van der Waals surface area contributed by atoms with Gasteiger partial charge >= 0.3 is 27.0 Å². The Kier molecular flexibility index (Phi) is 11.3. The number of ether oxygens (including phenoxy) is 1. The first-order chi connectivity index (χ1) is 5.76. The van der Waals surface area contributed by atoms with Crippen LogP contribution in [0.4, 0.5) is 0 Å². The number of rotatable bonds is 4. The van der Waals surface area contributed by atoms with Crippen molar-refractivity contribution >= 4 is 5.97 Å². The third-order valence-corrected chi connectivity index (χ3v) is 1.41. The second-order valence-corrected chi connectivity index (χ2v) is 2.29. The fourth-order valence-corrected chi connectivity index (χ4v) is 0.766. The monoisotopic (exact) mass is 363 g/mol. The van der Waals surface area contributed by atoms with E-state index in [1.807, 2.05) is 26.0 Å². The topological polar surface area (TPSA) is 26.3 Å². The molecule has 0 fully saturated rings. The predicted octanol–water partition coefficient (Wildman–Crippen LogP) is 2.46. The van der Waals surface area contributed by atoms with Gasteiger partial charge in [-0.2, -0.15) is 0 Å². The maximum Gasteiger partial charge on any atom is 2.00 e. The molecule has 0 aliphatic heterocycles. The van der Waals surface area contributed by atoms with Crippen LogP contribution in [-0.2, 0) is 30.6 Å². The van der Waals surface area contributed by atoms with Crippen LogP contribution < -0.4 is 0 Å². The SMILES string of the molecule is CC=CC=C(CC)C(=O)OCC.[Pt+2]. The first-order valence-electron chi connectivity index (χ1n) is 4.25. The summed E-state index contributed by atoms with van der Waals surface area (Å²) in [5.74, 6) is -0.210. The van der Waals surface area contributed by atoms with Crippen LogP contribution >= 0.6 is 0 Å². The summed E-state index contributed by atoms with van der Waals surface area (Å²) in [6, 6.07) is 0. The van der Waals surface area contributed by atoms with Gasteiger partial charge in [0.15, 0.2) is 0 Å². The molecule has 0 spiro atoms. The molecule has 0 aromatic heterocycles. The predicted molar refractivity (Wildman–Crippen MR) is 49.8 cm³/mol. The Labute approximate surface area is 94.3 Å². The minimum Gasteiger partial charge on any atom is -0.463 e. The van der Waals surface area contributed by atoms with Crippen molar-refractivity contribution in [1.82, 2.24) is 0 Å². The smallest absolute Gasteiger partial charge is 0.463 e.